The van der Waals surface area contributed by atoms with Gasteiger partial charge >= 0.3 is 0 Å². The lowest BCUT2D eigenvalue weighted by molar-refractivity contribution is 0.641. The SMILES string of the molecule is CC(C)c1nsc(N2CCSCCC2C)n1. The quantitative estimate of drug-likeness (QED) is 0.814. The van der Waals surface area contributed by atoms with E-state index in [1.54, 1.807) is 11.5 Å². The van der Waals surface area contributed by atoms with Gasteiger partial charge < -0.3 is 4.90 Å². The number of nitrogens with zero attached hydrogens (tertiary/aromatic N) is 3. The highest BCUT2D eigenvalue weighted by molar-refractivity contribution is 7.99. The normalized spacial score (nSPS) is 22.5. The molecule has 0 saturated carbocycles. The smallest absolute Gasteiger partial charge is 0.205 e. The molecule has 0 N–H and O–H groups in total. The first-order valence-electron chi connectivity index (χ1n) is 5.86. The van der Waals surface area contributed by atoms with Crippen molar-refractivity contribution >= 4 is 28.4 Å². The van der Waals surface area contributed by atoms with Crippen LogP contribution in [-0.4, -0.2) is 33.4 Å². The van der Waals surface area contributed by atoms with Gasteiger partial charge in [-0.2, -0.15) is 16.1 Å². The molecule has 1 aromatic heterocycles. The van der Waals surface area contributed by atoms with Crippen molar-refractivity contribution in [3.05, 3.63) is 5.82 Å². The molecule has 16 heavy (non-hydrogen) atoms. The number of aromatic nitrogens is 2. The number of anilines is 1. The van der Waals surface area contributed by atoms with Gasteiger partial charge in [-0.1, -0.05) is 13.8 Å². The highest BCUT2D eigenvalue weighted by Crippen LogP contribution is 2.26. The average molecular weight is 257 g/mol. The van der Waals surface area contributed by atoms with E-state index in [0.29, 0.717) is 12.0 Å². The van der Waals surface area contributed by atoms with Gasteiger partial charge in [-0.25, -0.2) is 4.98 Å². The third kappa shape index (κ3) is 2.69. The van der Waals surface area contributed by atoms with Crippen molar-refractivity contribution in [2.75, 3.05) is 23.0 Å². The molecule has 1 aliphatic heterocycles. The van der Waals surface area contributed by atoms with Crippen molar-refractivity contribution in [2.45, 2.75) is 39.2 Å². The average Bonchev–Trinajstić information content (AvgIpc) is 2.63. The summed E-state index contributed by atoms with van der Waals surface area (Å²) in [7, 11) is 0. The van der Waals surface area contributed by atoms with Gasteiger partial charge in [0, 0.05) is 35.8 Å². The Bertz CT molecular complexity index is 338. The lowest BCUT2D eigenvalue weighted by atomic mass is 10.2. The molecule has 1 saturated heterocycles. The Balaban J connectivity index is 2.14. The molecule has 90 valence electrons. The second-order valence-corrected chi connectivity index (χ2v) is 6.49. The van der Waals surface area contributed by atoms with E-state index in [-0.39, 0.29) is 0 Å². The molecular weight excluding hydrogens is 238 g/mol. The molecule has 1 aliphatic rings. The first-order chi connectivity index (χ1) is 7.68. The first kappa shape index (κ1) is 12.2. The molecule has 1 unspecified atom stereocenters. The minimum Gasteiger partial charge on any atom is -0.343 e. The van der Waals surface area contributed by atoms with Crippen molar-refractivity contribution in [2.24, 2.45) is 0 Å². The van der Waals surface area contributed by atoms with Crippen LogP contribution >= 0.6 is 23.3 Å². The summed E-state index contributed by atoms with van der Waals surface area (Å²) in [6, 6.07) is 0.600. The highest BCUT2D eigenvalue weighted by atomic mass is 32.2. The van der Waals surface area contributed by atoms with E-state index < -0.39 is 0 Å². The Morgan fingerprint density at radius 3 is 2.88 bits per heavy atom. The van der Waals surface area contributed by atoms with E-state index in [2.05, 4.69) is 35.0 Å². The fourth-order valence-electron chi connectivity index (χ4n) is 1.76. The van der Waals surface area contributed by atoms with Crippen LogP contribution in [0.25, 0.3) is 0 Å². The fraction of sp³-hybridized carbons (Fsp3) is 0.818. The van der Waals surface area contributed by atoms with Gasteiger partial charge in [-0.15, -0.1) is 0 Å². The summed E-state index contributed by atoms with van der Waals surface area (Å²) < 4.78 is 4.44. The fourth-order valence-corrected chi connectivity index (χ4v) is 3.73. The van der Waals surface area contributed by atoms with Gasteiger partial charge in [-0.05, 0) is 19.1 Å². The van der Waals surface area contributed by atoms with Crippen LogP contribution in [0, 0.1) is 0 Å². The van der Waals surface area contributed by atoms with Gasteiger partial charge in [-0.3, -0.25) is 0 Å². The van der Waals surface area contributed by atoms with Crippen LogP contribution in [0.5, 0.6) is 0 Å². The van der Waals surface area contributed by atoms with E-state index in [4.69, 9.17) is 0 Å². The second kappa shape index (κ2) is 5.36. The summed E-state index contributed by atoms with van der Waals surface area (Å²) in [5.74, 6) is 3.90. The molecule has 3 nitrogen and oxygen atoms in total. The van der Waals surface area contributed by atoms with Crippen LogP contribution in [0.2, 0.25) is 0 Å². The molecule has 0 bridgehead atoms. The minimum absolute atomic E-state index is 0.432. The number of hydrogen-bond acceptors (Lipinski definition) is 5. The summed E-state index contributed by atoms with van der Waals surface area (Å²) in [5, 5.41) is 1.11. The Morgan fingerprint density at radius 2 is 2.19 bits per heavy atom. The summed E-state index contributed by atoms with van der Waals surface area (Å²) in [6.45, 7) is 7.70. The van der Waals surface area contributed by atoms with Crippen molar-refractivity contribution in [3.63, 3.8) is 0 Å². The van der Waals surface area contributed by atoms with E-state index in [0.717, 1.165) is 17.5 Å². The predicted octanol–water partition coefficient (Wildman–Crippen LogP) is 2.99. The standard InChI is InChI=1S/C11H19N3S2/c1-8(2)10-12-11(16-13-10)14-5-7-15-6-4-9(14)3/h8-9H,4-7H2,1-3H3. The third-order valence-corrected chi connectivity index (χ3v) is 4.64. The monoisotopic (exact) mass is 257 g/mol. The van der Waals surface area contributed by atoms with Gasteiger partial charge in [0.15, 0.2) is 0 Å². The topological polar surface area (TPSA) is 29.0 Å². The van der Waals surface area contributed by atoms with Crippen LogP contribution < -0.4 is 4.90 Å². The van der Waals surface area contributed by atoms with Crippen molar-refractivity contribution in [3.8, 4) is 0 Å². The van der Waals surface area contributed by atoms with Crippen LogP contribution in [0.3, 0.4) is 0 Å². The summed E-state index contributed by atoms with van der Waals surface area (Å²) in [4.78, 5) is 7.07. The molecule has 0 aliphatic carbocycles. The summed E-state index contributed by atoms with van der Waals surface area (Å²) >= 11 is 3.60. The summed E-state index contributed by atoms with van der Waals surface area (Å²) in [5.41, 5.74) is 0. The maximum atomic E-state index is 4.65. The molecule has 1 fully saturated rings. The largest absolute Gasteiger partial charge is 0.343 e. The van der Waals surface area contributed by atoms with Crippen molar-refractivity contribution in [1.29, 1.82) is 0 Å². The second-order valence-electron chi connectivity index (χ2n) is 4.53. The third-order valence-electron chi connectivity index (χ3n) is 2.88. The Morgan fingerprint density at radius 1 is 1.38 bits per heavy atom. The molecule has 0 amide bonds. The zero-order chi connectivity index (χ0) is 11.5. The van der Waals surface area contributed by atoms with E-state index in [1.165, 1.54) is 17.9 Å². The maximum absolute atomic E-state index is 4.65. The molecular formula is C11H19N3S2. The molecule has 1 aromatic rings. The molecule has 2 heterocycles. The minimum atomic E-state index is 0.432. The van der Waals surface area contributed by atoms with Gasteiger partial charge in [0.25, 0.3) is 0 Å². The highest BCUT2D eigenvalue weighted by Gasteiger charge is 2.21. The van der Waals surface area contributed by atoms with E-state index in [1.807, 2.05) is 11.8 Å². The summed E-state index contributed by atoms with van der Waals surface area (Å²) in [6.07, 6.45) is 1.25. The van der Waals surface area contributed by atoms with Crippen LogP contribution in [0.4, 0.5) is 5.13 Å². The van der Waals surface area contributed by atoms with Gasteiger partial charge in [0.05, 0.1) is 0 Å². The molecule has 5 heteroatoms. The Labute approximate surface area is 106 Å². The maximum Gasteiger partial charge on any atom is 0.205 e. The van der Waals surface area contributed by atoms with Gasteiger partial charge in [0.2, 0.25) is 5.13 Å². The molecule has 0 aromatic carbocycles. The molecule has 2 rings (SSSR count). The van der Waals surface area contributed by atoms with E-state index in [9.17, 15) is 0 Å². The first-order valence-corrected chi connectivity index (χ1v) is 7.79. The van der Waals surface area contributed by atoms with Crippen LogP contribution in [0.15, 0.2) is 0 Å². The van der Waals surface area contributed by atoms with Gasteiger partial charge in [0.1, 0.15) is 5.82 Å². The van der Waals surface area contributed by atoms with Crippen LogP contribution in [-0.2, 0) is 0 Å². The Hall–Kier alpha value is -0.290. The van der Waals surface area contributed by atoms with E-state index >= 15 is 0 Å². The lowest BCUT2D eigenvalue weighted by Crippen LogP contribution is -2.33. The van der Waals surface area contributed by atoms with Crippen molar-refractivity contribution < 1.29 is 0 Å². The molecule has 1 atom stereocenters. The molecule has 0 radical (unpaired) electrons. The zero-order valence-corrected chi connectivity index (χ0v) is 11.8. The lowest BCUT2D eigenvalue weighted by Gasteiger charge is -2.25. The number of hydrogen-bond donors (Lipinski definition) is 0. The number of rotatable bonds is 2. The number of thioether (sulfide) groups is 1. The van der Waals surface area contributed by atoms with Crippen LogP contribution in [0.1, 0.15) is 38.9 Å². The Kier molecular flexibility index (Phi) is 4.08. The molecule has 0 spiro atoms. The zero-order valence-electron chi connectivity index (χ0n) is 10.1. The predicted molar refractivity (Wildman–Crippen MR) is 72.7 cm³/mol. The van der Waals surface area contributed by atoms with Crippen molar-refractivity contribution in [1.82, 2.24) is 9.36 Å².